The van der Waals surface area contributed by atoms with Gasteiger partial charge in [0.1, 0.15) is 0 Å². The maximum Gasteiger partial charge on any atom is 0.0169 e. The molecule has 0 amide bonds. The molecule has 0 spiro atoms. The highest BCUT2D eigenvalue weighted by molar-refractivity contribution is 4.80. The lowest BCUT2D eigenvalue weighted by Gasteiger charge is -2.32. The van der Waals surface area contributed by atoms with Gasteiger partial charge in [-0.3, -0.25) is 0 Å². The van der Waals surface area contributed by atoms with Crippen molar-refractivity contribution in [2.75, 3.05) is 20.6 Å². The summed E-state index contributed by atoms with van der Waals surface area (Å²) in [4.78, 5) is 2.26. The van der Waals surface area contributed by atoms with Crippen molar-refractivity contribution < 1.29 is 0 Å². The summed E-state index contributed by atoms with van der Waals surface area (Å²) in [5.41, 5.74) is 0. The van der Waals surface area contributed by atoms with E-state index in [9.17, 15) is 0 Å². The zero-order valence-corrected chi connectivity index (χ0v) is 10.9. The molecule has 3 unspecified atom stereocenters. The number of rotatable bonds is 5. The quantitative estimate of drug-likeness (QED) is 0.753. The molecule has 90 valence electrons. The van der Waals surface area contributed by atoms with Crippen LogP contribution in [0, 0.1) is 5.92 Å². The standard InChI is InChI=1S/C13H28N2/c1-5-12-7-6-8-13(9-12)14-11(2)10-15(3)4/h11-14H,5-10H2,1-4H3. The van der Waals surface area contributed by atoms with E-state index in [1.165, 1.54) is 32.1 Å². The van der Waals surface area contributed by atoms with Gasteiger partial charge in [-0.15, -0.1) is 0 Å². The molecule has 1 fully saturated rings. The fourth-order valence-electron chi connectivity index (χ4n) is 2.82. The molecule has 0 heterocycles. The zero-order chi connectivity index (χ0) is 11.3. The van der Waals surface area contributed by atoms with Crippen LogP contribution in [0.15, 0.2) is 0 Å². The van der Waals surface area contributed by atoms with Crippen LogP contribution < -0.4 is 5.32 Å². The van der Waals surface area contributed by atoms with E-state index in [1.807, 2.05) is 0 Å². The third-order valence-electron chi connectivity index (χ3n) is 3.52. The average molecular weight is 212 g/mol. The normalized spacial score (nSPS) is 29.4. The Balaban J connectivity index is 2.25. The van der Waals surface area contributed by atoms with E-state index >= 15 is 0 Å². The maximum atomic E-state index is 3.77. The third-order valence-corrected chi connectivity index (χ3v) is 3.52. The molecule has 1 aliphatic rings. The van der Waals surface area contributed by atoms with Crippen molar-refractivity contribution in [1.82, 2.24) is 10.2 Å². The maximum absolute atomic E-state index is 3.77. The number of hydrogen-bond donors (Lipinski definition) is 1. The molecule has 3 atom stereocenters. The second-order valence-corrected chi connectivity index (χ2v) is 5.47. The van der Waals surface area contributed by atoms with E-state index in [0.29, 0.717) is 6.04 Å². The number of nitrogens with one attached hydrogen (secondary N) is 1. The topological polar surface area (TPSA) is 15.3 Å². The third kappa shape index (κ3) is 4.98. The van der Waals surface area contributed by atoms with Crippen molar-refractivity contribution in [3.63, 3.8) is 0 Å². The van der Waals surface area contributed by atoms with Crippen molar-refractivity contribution in [2.45, 2.75) is 58.0 Å². The van der Waals surface area contributed by atoms with Crippen molar-refractivity contribution in [2.24, 2.45) is 5.92 Å². The van der Waals surface area contributed by atoms with E-state index in [-0.39, 0.29) is 0 Å². The Morgan fingerprint density at radius 3 is 2.67 bits per heavy atom. The molecule has 0 aliphatic heterocycles. The fourth-order valence-corrected chi connectivity index (χ4v) is 2.82. The summed E-state index contributed by atoms with van der Waals surface area (Å²) in [6, 6.07) is 1.40. The smallest absolute Gasteiger partial charge is 0.0169 e. The van der Waals surface area contributed by atoms with E-state index in [1.54, 1.807) is 0 Å². The number of hydrogen-bond acceptors (Lipinski definition) is 2. The van der Waals surface area contributed by atoms with Gasteiger partial charge in [-0.2, -0.15) is 0 Å². The van der Waals surface area contributed by atoms with Crippen LogP contribution in [0.3, 0.4) is 0 Å². The lowest BCUT2D eigenvalue weighted by atomic mass is 9.84. The molecule has 0 saturated heterocycles. The van der Waals surface area contributed by atoms with Crippen molar-refractivity contribution >= 4 is 0 Å². The SMILES string of the molecule is CCC1CCCC(NC(C)CN(C)C)C1. The first-order valence-corrected chi connectivity index (χ1v) is 6.52. The molecular weight excluding hydrogens is 184 g/mol. The molecule has 1 N–H and O–H groups in total. The molecule has 0 bridgehead atoms. The zero-order valence-electron chi connectivity index (χ0n) is 10.9. The predicted molar refractivity (Wildman–Crippen MR) is 67.2 cm³/mol. The molecular formula is C13H28N2. The van der Waals surface area contributed by atoms with Crippen molar-refractivity contribution in [1.29, 1.82) is 0 Å². The summed E-state index contributed by atoms with van der Waals surface area (Å²) in [6.07, 6.45) is 7.02. The Morgan fingerprint density at radius 1 is 1.33 bits per heavy atom. The molecule has 0 aromatic heterocycles. The molecule has 1 saturated carbocycles. The van der Waals surface area contributed by atoms with Gasteiger partial charge in [-0.1, -0.05) is 26.2 Å². The van der Waals surface area contributed by atoms with Crippen LogP contribution in [0.4, 0.5) is 0 Å². The van der Waals surface area contributed by atoms with Gasteiger partial charge in [0.25, 0.3) is 0 Å². The average Bonchev–Trinajstić information content (AvgIpc) is 2.16. The highest BCUT2D eigenvalue weighted by atomic mass is 15.1. The van der Waals surface area contributed by atoms with Crippen LogP contribution in [0.5, 0.6) is 0 Å². The minimum absolute atomic E-state index is 0.626. The first-order chi connectivity index (χ1) is 7.11. The van der Waals surface area contributed by atoms with Gasteiger partial charge < -0.3 is 10.2 Å². The number of likely N-dealkylation sites (N-methyl/N-ethyl adjacent to an activating group) is 1. The van der Waals surface area contributed by atoms with Crippen LogP contribution in [-0.4, -0.2) is 37.6 Å². The van der Waals surface area contributed by atoms with Gasteiger partial charge in [0.2, 0.25) is 0 Å². The van der Waals surface area contributed by atoms with E-state index in [0.717, 1.165) is 18.5 Å². The highest BCUT2D eigenvalue weighted by Crippen LogP contribution is 2.26. The van der Waals surface area contributed by atoms with E-state index < -0.39 is 0 Å². The van der Waals surface area contributed by atoms with Gasteiger partial charge in [-0.05, 0) is 39.8 Å². The lowest BCUT2D eigenvalue weighted by Crippen LogP contribution is -2.44. The fraction of sp³-hybridized carbons (Fsp3) is 1.00. The second kappa shape index (κ2) is 6.49. The van der Waals surface area contributed by atoms with Crippen LogP contribution >= 0.6 is 0 Å². The Labute approximate surface area is 95.4 Å². The van der Waals surface area contributed by atoms with Crippen LogP contribution in [0.25, 0.3) is 0 Å². The van der Waals surface area contributed by atoms with Gasteiger partial charge in [0.05, 0.1) is 0 Å². The Kier molecular flexibility index (Phi) is 5.62. The summed E-state index contributed by atoms with van der Waals surface area (Å²) in [5, 5.41) is 3.77. The summed E-state index contributed by atoms with van der Waals surface area (Å²) in [5.74, 6) is 0.975. The molecule has 0 radical (unpaired) electrons. The Bertz CT molecular complexity index is 168. The molecule has 0 aromatic carbocycles. The molecule has 1 aliphatic carbocycles. The first-order valence-electron chi connectivity index (χ1n) is 6.52. The molecule has 0 aromatic rings. The van der Waals surface area contributed by atoms with Crippen molar-refractivity contribution in [3.8, 4) is 0 Å². The molecule has 2 heteroatoms. The van der Waals surface area contributed by atoms with Gasteiger partial charge in [-0.25, -0.2) is 0 Å². The molecule has 1 rings (SSSR count). The van der Waals surface area contributed by atoms with Gasteiger partial charge in [0.15, 0.2) is 0 Å². The second-order valence-electron chi connectivity index (χ2n) is 5.47. The van der Waals surface area contributed by atoms with E-state index in [2.05, 4.69) is 38.2 Å². The van der Waals surface area contributed by atoms with E-state index in [4.69, 9.17) is 0 Å². The molecule has 2 nitrogen and oxygen atoms in total. The van der Waals surface area contributed by atoms with Gasteiger partial charge in [0, 0.05) is 18.6 Å². The summed E-state index contributed by atoms with van der Waals surface area (Å²) < 4.78 is 0. The predicted octanol–water partition coefficient (Wildman–Crippen LogP) is 2.49. The summed E-state index contributed by atoms with van der Waals surface area (Å²) in [7, 11) is 4.29. The summed E-state index contributed by atoms with van der Waals surface area (Å²) in [6.45, 7) is 5.78. The highest BCUT2D eigenvalue weighted by Gasteiger charge is 2.21. The Hall–Kier alpha value is -0.0800. The Morgan fingerprint density at radius 2 is 2.07 bits per heavy atom. The van der Waals surface area contributed by atoms with Gasteiger partial charge >= 0.3 is 0 Å². The number of nitrogens with zero attached hydrogens (tertiary/aromatic N) is 1. The first kappa shape index (κ1) is 13.0. The molecule has 15 heavy (non-hydrogen) atoms. The van der Waals surface area contributed by atoms with Crippen LogP contribution in [-0.2, 0) is 0 Å². The van der Waals surface area contributed by atoms with Crippen LogP contribution in [0.2, 0.25) is 0 Å². The van der Waals surface area contributed by atoms with Crippen LogP contribution in [0.1, 0.15) is 46.0 Å². The monoisotopic (exact) mass is 212 g/mol. The minimum Gasteiger partial charge on any atom is -0.310 e. The minimum atomic E-state index is 0.626. The lowest BCUT2D eigenvalue weighted by molar-refractivity contribution is 0.247. The van der Waals surface area contributed by atoms with Crippen molar-refractivity contribution in [3.05, 3.63) is 0 Å². The summed E-state index contributed by atoms with van der Waals surface area (Å²) >= 11 is 0. The largest absolute Gasteiger partial charge is 0.310 e.